The van der Waals surface area contributed by atoms with Crippen molar-refractivity contribution in [2.75, 3.05) is 7.11 Å². The Morgan fingerprint density at radius 2 is 1.93 bits per heavy atom. The van der Waals surface area contributed by atoms with Crippen molar-refractivity contribution < 1.29 is 18.9 Å². The van der Waals surface area contributed by atoms with E-state index < -0.39 is 16.9 Å². The van der Waals surface area contributed by atoms with E-state index in [1.54, 1.807) is 25.1 Å². The Hall–Kier alpha value is -4.28. The van der Waals surface area contributed by atoms with Gasteiger partial charge < -0.3 is 9.15 Å². The first-order chi connectivity index (χ1) is 19.1. The zero-order valence-electron chi connectivity index (χ0n) is 22.0. The molecule has 1 aliphatic heterocycles. The molecule has 1 aliphatic rings. The number of nitrogens with zero attached hydrogens (tertiary/aromatic N) is 3. The molecule has 0 saturated carbocycles. The van der Waals surface area contributed by atoms with Gasteiger partial charge in [0.05, 0.1) is 38.9 Å². The number of benzene rings is 2. The number of carbonyl (C=O) groups is 1. The van der Waals surface area contributed by atoms with Crippen LogP contribution in [-0.4, -0.2) is 22.6 Å². The summed E-state index contributed by atoms with van der Waals surface area (Å²) in [5.41, 5.74) is 2.70. The summed E-state index contributed by atoms with van der Waals surface area (Å²) in [6, 6.07) is 14.6. The summed E-state index contributed by atoms with van der Waals surface area (Å²) < 4.78 is 12.9. The average molecular weight is 578 g/mol. The van der Waals surface area contributed by atoms with Gasteiger partial charge in [-0.05, 0) is 42.2 Å². The van der Waals surface area contributed by atoms with Gasteiger partial charge in [0, 0.05) is 23.8 Å². The van der Waals surface area contributed by atoms with E-state index in [4.69, 9.17) is 20.8 Å². The van der Waals surface area contributed by atoms with Crippen molar-refractivity contribution in [2.45, 2.75) is 32.7 Å². The smallest absolute Gasteiger partial charge is 0.338 e. The first-order valence-corrected chi connectivity index (χ1v) is 13.5. The van der Waals surface area contributed by atoms with Crippen LogP contribution in [0.2, 0.25) is 5.02 Å². The van der Waals surface area contributed by atoms with E-state index in [1.807, 2.05) is 24.3 Å². The van der Waals surface area contributed by atoms with E-state index in [0.29, 0.717) is 43.6 Å². The third-order valence-corrected chi connectivity index (χ3v) is 7.97. The fourth-order valence-electron chi connectivity index (χ4n) is 4.59. The predicted octanol–water partition coefficient (Wildman–Crippen LogP) is 5.35. The number of non-ortho nitro benzene ring substituents is 1. The molecule has 0 amide bonds. The van der Waals surface area contributed by atoms with E-state index in [9.17, 15) is 19.7 Å². The normalized spacial score (nSPS) is 15.2. The van der Waals surface area contributed by atoms with Gasteiger partial charge >= 0.3 is 5.97 Å². The lowest BCUT2D eigenvalue weighted by Crippen LogP contribution is -2.39. The summed E-state index contributed by atoms with van der Waals surface area (Å²) in [4.78, 5) is 42.1. The van der Waals surface area contributed by atoms with Crippen LogP contribution in [0.3, 0.4) is 0 Å². The number of thiazole rings is 1. The molecule has 0 aliphatic carbocycles. The number of nitro groups is 1. The molecular formula is C29H24ClN3O6S. The van der Waals surface area contributed by atoms with Crippen molar-refractivity contribution in [3.05, 3.63) is 118 Å². The van der Waals surface area contributed by atoms with E-state index in [1.165, 1.54) is 41.2 Å². The predicted molar refractivity (Wildman–Crippen MR) is 152 cm³/mol. The fraction of sp³-hybridized carbons (Fsp3) is 0.207. The van der Waals surface area contributed by atoms with Crippen LogP contribution in [0.15, 0.2) is 80.1 Å². The van der Waals surface area contributed by atoms with E-state index in [0.717, 1.165) is 11.1 Å². The van der Waals surface area contributed by atoms with Crippen LogP contribution >= 0.6 is 22.9 Å². The Labute approximate surface area is 237 Å². The Morgan fingerprint density at radius 1 is 1.20 bits per heavy atom. The molecule has 204 valence electrons. The Balaban J connectivity index is 1.60. The molecule has 4 aromatic rings. The molecule has 1 atom stereocenters. The molecular weight excluding hydrogens is 554 g/mol. The van der Waals surface area contributed by atoms with Gasteiger partial charge in [-0.2, -0.15) is 0 Å². The molecule has 0 spiro atoms. The van der Waals surface area contributed by atoms with Gasteiger partial charge in [-0.15, -0.1) is 0 Å². The molecule has 40 heavy (non-hydrogen) atoms. The number of carbonyl (C=O) groups excluding carboxylic acids is 1. The average Bonchev–Trinajstić information content (AvgIpc) is 3.51. The second-order valence-corrected chi connectivity index (χ2v) is 10.9. The topological polar surface area (TPSA) is 117 Å². The van der Waals surface area contributed by atoms with Gasteiger partial charge in [-0.25, -0.2) is 9.79 Å². The molecule has 0 N–H and O–H groups in total. The van der Waals surface area contributed by atoms with Gasteiger partial charge in [0.2, 0.25) is 0 Å². The van der Waals surface area contributed by atoms with Crippen molar-refractivity contribution in [3.63, 3.8) is 0 Å². The van der Waals surface area contributed by atoms with E-state index >= 15 is 0 Å². The number of esters is 1. The molecule has 0 fully saturated rings. The highest BCUT2D eigenvalue weighted by atomic mass is 35.5. The number of ether oxygens (including phenoxy) is 1. The lowest BCUT2D eigenvalue weighted by atomic mass is 9.93. The number of allylic oxidation sites excluding steroid dienone is 1. The lowest BCUT2D eigenvalue weighted by Gasteiger charge is -2.24. The molecule has 0 saturated heterocycles. The molecule has 3 heterocycles. The van der Waals surface area contributed by atoms with Crippen LogP contribution in [-0.2, 0) is 9.53 Å². The van der Waals surface area contributed by atoms with Gasteiger partial charge in [0.15, 0.2) is 4.80 Å². The highest BCUT2D eigenvalue weighted by Crippen LogP contribution is 2.33. The zero-order chi connectivity index (χ0) is 28.7. The second kappa shape index (κ2) is 10.7. The first kappa shape index (κ1) is 27.3. The third kappa shape index (κ3) is 4.91. The van der Waals surface area contributed by atoms with Crippen molar-refractivity contribution in [2.24, 2.45) is 4.99 Å². The number of aromatic nitrogens is 1. The van der Waals surface area contributed by atoms with Crippen LogP contribution < -0.4 is 14.9 Å². The molecule has 0 unspecified atom stereocenters. The SMILES string of the molecule is COC(=O)C1=C(C)N=c2s/c(=C\c3ccc(-c4ccc([N+](=O)[O-])cc4Cl)o3)c(=O)n2[C@H]1c1ccc(C(C)C)cc1. The molecule has 2 aromatic carbocycles. The zero-order valence-corrected chi connectivity index (χ0v) is 23.6. The molecule has 11 heteroatoms. The van der Waals surface area contributed by atoms with Crippen LogP contribution in [0, 0.1) is 10.1 Å². The molecule has 9 nitrogen and oxygen atoms in total. The van der Waals surface area contributed by atoms with Gasteiger partial charge in [0.25, 0.3) is 11.2 Å². The fourth-order valence-corrected chi connectivity index (χ4v) is 5.89. The first-order valence-electron chi connectivity index (χ1n) is 12.3. The van der Waals surface area contributed by atoms with Gasteiger partial charge in [-0.3, -0.25) is 19.5 Å². The molecule has 0 bridgehead atoms. The quantitative estimate of drug-likeness (QED) is 0.173. The van der Waals surface area contributed by atoms with Gasteiger partial charge in [-0.1, -0.05) is 61.1 Å². The summed E-state index contributed by atoms with van der Waals surface area (Å²) >= 11 is 7.44. The highest BCUT2D eigenvalue weighted by molar-refractivity contribution is 7.07. The monoisotopic (exact) mass is 577 g/mol. The van der Waals surface area contributed by atoms with Crippen LogP contribution in [0.4, 0.5) is 5.69 Å². The summed E-state index contributed by atoms with van der Waals surface area (Å²) in [7, 11) is 1.30. The van der Waals surface area contributed by atoms with Crippen molar-refractivity contribution >= 4 is 40.7 Å². The maximum Gasteiger partial charge on any atom is 0.338 e. The minimum Gasteiger partial charge on any atom is -0.466 e. The number of rotatable bonds is 6. The summed E-state index contributed by atoms with van der Waals surface area (Å²) in [5.74, 6) is 0.555. The third-order valence-electron chi connectivity index (χ3n) is 6.67. The number of halogens is 1. The summed E-state index contributed by atoms with van der Waals surface area (Å²) in [6.07, 6.45) is 1.60. The largest absolute Gasteiger partial charge is 0.466 e. The highest BCUT2D eigenvalue weighted by Gasteiger charge is 2.33. The lowest BCUT2D eigenvalue weighted by molar-refractivity contribution is -0.384. The van der Waals surface area contributed by atoms with Crippen LogP contribution in [0.25, 0.3) is 17.4 Å². The number of methoxy groups -OCH3 is 1. The Kier molecular flexibility index (Phi) is 7.31. The summed E-state index contributed by atoms with van der Waals surface area (Å²) in [5, 5.41) is 11.2. The number of furan rings is 1. The number of nitro benzene ring substituents is 1. The van der Waals surface area contributed by atoms with Crippen molar-refractivity contribution in [3.8, 4) is 11.3 Å². The maximum atomic E-state index is 13.8. The minimum atomic E-state index is -0.710. The van der Waals surface area contributed by atoms with Crippen molar-refractivity contribution in [1.82, 2.24) is 4.57 Å². The minimum absolute atomic E-state index is 0.128. The number of hydrogen-bond donors (Lipinski definition) is 0. The molecule has 2 aromatic heterocycles. The van der Waals surface area contributed by atoms with E-state index in [-0.39, 0.29) is 16.3 Å². The molecule has 5 rings (SSSR count). The van der Waals surface area contributed by atoms with Crippen LogP contribution in [0.1, 0.15) is 49.6 Å². The second-order valence-electron chi connectivity index (χ2n) is 9.52. The van der Waals surface area contributed by atoms with Crippen molar-refractivity contribution in [1.29, 1.82) is 0 Å². The number of hydrogen-bond acceptors (Lipinski definition) is 8. The van der Waals surface area contributed by atoms with Gasteiger partial charge in [0.1, 0.15) is 11.5 Å². The molecule has 0 radical (unpaired) electrons. The summed E-state index contributed by atoms with van der Waals surface area (Å²) in [6.45, 7) is 5.92. The van der Waals surface area contributed by atoms with Crippen LogP contribution in [0.5, 0.6) is 0 Å². The maximum absolute atomic E-state index is 13.8. The van der Waals surface area contributed by atoms with E-state index in [2.05, 4.69) is 18.8 Å². The standard InChI is InChI=1S/C29H24ClN3O6S/c1-15(2)17-5-7-18(8-6-17)26-25(28(35)38-4)16(3)31-29-32(26)27(34)24(40-29)14-20-10-12-23(39-20)21-11-9-19(33(36)37)13-22(21)30/h5-15,26H,1-4H3/b24-14-/t26-/m0/s1. The number of fused-ring (bicyclic) bond motifs is 1. The Bertz CT molecular complexity index is 1860. The Morgan fingerprint density at radius 3 is 2.55 bits per heavy atom.